The molecule has 0 fully saturated rings. The molecule has 1 unspecified atom stereocenters. The third-order valence-corrected chi connectivity index (χ3v) is 1.99. The Bertz CT molecular complexity index is 312. The molecule has 0 N–H and O–H groups in total. The SMILES string of the molecule is C=CC(CN=C=S)c1ccccc1. The number of hydrogen-bond acceptors (Lipinski definition) is 2. The van der Waals surface area contributed by atoms with Gasteiger partial charge in [0.05, 0.1) is 11.7 Å². The smallest absolute Gasteiger partial charge is 0.0596 e. The van der Waals surface area contributed by atoms with Gasteiger partial charge in [0, 0.05) is 5.92 Å². The summed E-state index contributed by atoms with van der Waals surface area (Å²) in [6.07, 6.45) is 1.88. The molecular formula is C11H11NS. The maximum absolute atomic E-state index is 4.52. The van der Waals surface area contributed by atoms with E-state index in [1.54, 1.807) is 0 Å². The fraction of sp³-hybridized carbons (Fsp3) is 0.182. The van der Waals surface area contributed by atoms with Gasteiger partial charge >= 0.3 is 0 Å². The molecule has 0 radical (unpaired) electrons. The molecule has 0 aliphatic heterocycles. The van der Waals surface area contributed by atoms with Crippen LogP contribution in [0.5, 0.6) is 0 Å². The second-order valence-corrected chi connectivity index (χ2v) is 2.87. The molecule has 66 valence electrons. The zero-order valence-corrected chi connectivity index (χ0v) is 8.13. The van der Waals surface area contributed by atoms with Crippen LogP contribution in [0.25, 0.3) is 0 Å². The lowest BCUT2D eigenvalue weighted by atomic mass is 10.00. The molecule has 2 heteroatoms. The number of hydrogen-bond donors (Lipinski definition) is 0. The quantitative estimate of drug-likeness (QED) is 0.403. The molecule has 0 bridgehead atoms. The molecule has 0 spiro atoms. The minimum atomic E-state index is 0.247. The van der Waals surface area contributed by atoms with Gasteiger partial charge in [-0.05, 0) is 17.8 Å². The van der Waals surface area contributed by atoms with E-state index < -0.39 is 0 Å². The summed E-state index contributed by atoms with van der Waals surface area (Å²) in [5, 5.41) is 2.36. The van der Waals surface area contributed by atoms with Crippen LogP contribution in [-0.2, 0) is 0 Å². The van der Waals surface area contributed by atoms with E-state index in [2.05, 4.69) is 41.1 Å². The number of isothiocyanates is 1. The molecule has 0 aliphatic carbocycles. The summed E-state index contributed by atoms with van der Waals surface area (Å²) >= 11 is 4.52. The van der Waals surface area contributed by atoms with Crippen molar-refractivity contribution in [2.45, 2.75) is 5.92 Å². The van der Waals surface area contributed by atoms with Crippen molar-refractivity contribution in [1.82, 2.24) is 0 Å². The largest absolute Gasteiger partial charge is 0.232 e. The Labute approximate surface area is 83.8 Å². The van der Waals surface area contributed by atoms with Gasteiger partial charge in [0.2, 0.25) is 0 Å². The first-order valence-electron chi connectivity index (χ1n) is 4.09. The van der Waals surface area contributed by atoms with Gasteiger partial charge in [-0.25, -0.2) is 4.99 Å². The molecule has 13 heavy (non-hydrogen) atoms. The second-order valence-electron chi connectivity index (χ2n) is 2.68. The molecule has 1 aromatic carbocycles. The summed E-state index contributed by atoms with van der Waals surface area (Å²) in [5.74, 6) is 0.247. The van der Waals surface area contributed by atoms with Gasteiger partial charge in [-0.3, -0.25) is 0 Å². The summed E-state index contributed by atoms with van der Waals surface area (Å²) in [6.45, 7) is 4.40. The highest BCUT2D eigenvalue weighted by Gasteiger charge is 2.04. The molecule has 1 nitrogen and oxygen atoms in total. The lowest BCUT2D eigenvalue weighted by Crippen LogP contribution is -1.98. The van der Waals surface area contributed by atoms with Gasteiger partial charge in [-0.1, -0.05) is 36.4 Å². The maximum Gasteiger partial charge on any atom is 0.0596 e. The Kier molecular flexibility index (Phi) is 4.10. The van der Waals surface area contributed by atoms with Crippen LogP contribution in [-0.4, -0.2) is 11.7 Å². The second kappa shape index (κ2) is 5.41. The van der Waals surface area contributed by atoms with Crippen LogP contribution in [0, 0.1) is 0 Å². The molecule has 1 aromatic rings. The summed E-state index contributed by atoms with van der Waals surface area (Å²) in [6, 6.07) is 10.1. The molecule has 1 atom stereocenters. The van der Waals surface area contributed by atoms with Crippen LogP contribution in [0.1, 0.15) is 11.5 Å². The van der Waals surface area contributed by atoms with Crippen LogP contribution in [0.2, 0.25) is 0 Å². The number of aliphatic imine (C=N–C) groups is 1. The Hall–Kier alpha value is -1.24. The molecule has 0 saturated carbocycles. The fourth-order valence-corrected chi connectivity index (χ4v) is 1.23. The highest BCUT2D eigenvalue weighted by atomic mass is 32.1. The van der Waals surface area contributed by atoms with Crippen LogP contribution in [0.15, 0.2) is 48.0 Å². The number of rotatable bonds is 4. The third-order valence-electron chi connectivity index (χ3n) is 1.86. The number of thiocarbonyl (C=S) groups is 1. The average Bonchev–Trinajstić information content (AvgIpc) is 2.21. The van der Waals surface area contributed by atoms with E-state index in [9.17, 15) is 0 Å². The average molecular weight is 189 g/mol. The third kappa shape index (κ3) is 2.94. The number of benzene rings is 1. The molecule has 0 aliphatic rings. The standard InChI is InChI=1S/C11H11NS/c1-2-10(8-12-9-13)11-6-4-3-5-7-11/h2-7,10H,1,8H2. The first kappa shape index (κ1) is 9.85. The summed E-state index contributed by atoms with van der Waals surface area (Å²) < 4.78 is 0. The normalized spacial score (nSPS) is 11.4. The maximum atomic E-state index is 4.52. The van der Waals surface area contributed by atoms with E-state index in [-0.39, 0.29) is 5.92 Å². The molecule has 0 heterocycles. The zero-order chi connectivity index (χ0) is 9.52. The van der Waals surface area contributed by atoms with Crippen LogP contribution in [0.4, 0.5) is 0 Å². The molecule has 0 aromatic heterocycles. The van der Waals surface area contributed by atoms with Gasteiger partial charge in [0.1, 0.15) is 0 Å². The minimum absolute atomic E-state index is 0.247. The molecular weight excluding hydrogens is 178 g/mol. The highest BCUT2D eigenvalue weighted by Crippen LogP contribution is 2.16. The number of nitrogens with zero attached hydrogens (tertiary/aromatic N) is 1. The van der Waals surface area contributed by atoms with Crippen molar-refractivity contribution in [3.8, 4) is 0 Å². The van der Waals surface area contributed by atoms with E-state index >= 15 is 0 Å². The first-order valence-corrected chi connectivity index (χ1v) is 4.50. The highest BCUT2D eigenvalue weighted by molar-refractivity contribution is 7.78. The lowest BCUT2D eigenvalue weighted by Gasteiger charge is -2.08. The van der Waals surface area contributed by atoms with E-state index in [0.717, 1.165) is 0 Å². The predicted octanol–water partition coefficient (Wildman–Crippen LogP) is 3.06. The van der Waals surface area contributed by atoms with Crippen molar-refractivity contribution in [1.29, 1.82) is 0 Å². The summed E-state index contributed by atoms with van der Waals surface area (Å²) in [4.78, 5) is 3.91. The molecule has 1 rings (SSSR count). The monoisotopic (exact) mass is 189 g/mol. The minimum Gasteiger partial charge on any atom is -0.232 e. The Morgan fingerprint density at radius 1 is 1.46 bits per heavy atom. The molecule has 0 amide bonds. The van der Waals surface area contributed by atoms with Crippen LogP contribution >= 0.6 is 12.2 Å². The van der Waals surface area contributed by atoms with Crippen LogP contribution in [0.3, 0.4) is 0 Å². The van der Waals surface area contributed by atoms with E-state index in [1.165, 1.54) is 5.56 Å². The van der Waals surface area contributed by atoms with Crippen LogP contribution < -0.4 is 0 Å². The van der Waals surface area contributed by atoms with Crippen molar-refractivity contribution >= 4 is 17.4 Å². The predicted molar refractivity (Wildman–Crippen MR) is 59.3 cm³/mol. The van der Waals surface area contributed by atoms with E-state index in [1.807, 2.05) is 24.3 Å². The van der Waals surface area contributed by atoms with Gasteiger partial charge in [0.15, 0.2) is 0 Å². The van der Waals surface area contributed by atoms with Gasteiger partial charge in [0.25, 0.3) is 0 Å². The Balaban J connectivity index is 2.78. The van der Waals surface area contributed by atoms with Gasteiger partial charge < -0.3 is 0 Å². The van der Waals surface area contributed by atoms with Crippen molar-refractivity contribution in [2.75, 3.05) is 6.54 Å². The topological polar surface area (TPSA) is 12.4 Å². The van der Waals surface area contributed by atoms with E-state index in [4.69, 9.17) is 0 Å². The lowest BCUT2D eigenvalue weighted by molar-refractivity contribution is 0.857. The zero-order valence-electron chi connectivity index (χ0n) is 7.31. The van der Waals surface area contributed by atoms with Gasteiger partial charge in [-0.15, -0.1) is 6.58 Å². The first-order chi connectivity index (χ1) is 6.38. The fourth-order valence-electron chi connectivity index (χ4n) is 1.15. The summed E-state index contributed by atoms with van der Waals surface area (Å²) in [7, 11) is 0. The van der Waals surface area contributed by atoms with Crippen molar-refractivity contribution in [3.63, 3.8) is 0 Å². The van der Waals surface area contributed by atoms with Crippen molar-refractivity contribution in [2.24, 2.45) is 4.99 Å². The van der Waals surface area contributed by atoms with Crippen molar-refractivity contribution in [3.05, 3.63) is 48.6 Å². The molecule has 0 saturated heterocycles. The van der Waals surface area contributed by atoms with Gasteiger partial charge in [-0.2, -0.15) is 0 Å². The van der Waals surface area contributed by atoms with Crippen molar-refractivity contribution < 1.29 is 0 Å². The Morgan fingerprint density at radius 3 is 2.69 bits per heavy atom. The summed E-state index contributed by atoms with van der Waals surface area (Å²) in [5.41, 5.74) is 1.21. The Morgan fingerprint density at radius 2 is 2.15 bits per heavy atom. The van der Waals surface area contributed by atoms with E-state index in [0.29, 0.717) is 6.54 Å².